The minimum atomic E-state index is -1.16. The van der Waals surface area contributed by atoms with Crippen molar-refractivity contribution < 1.29 is 19.8 Å². The SMILES string of the molecule is CN(c1cccc(C(=O)c2ccccc2C(=O)O)c1O)C1CCCCC1. The molecule has 0 aromatic heterocycles. The van der Waals surface area contributed by atoms with Crippen LogP contribution in [0.3, 0.4) is 0 Å². The number of aromatic carboxylic acids is 1. The van der Waals surface area contributed by atoms with Crippen LogP contribution in [-0.2, 0) is 0 Å². The molecule has 2 aromatic rings. The molecule has 0 bridgehead atoms. The van der Waals surface area contributed by atoms with Crippen LogP contribution < -0.4 is 4.90 Å². The first-order valence-corrected chi connectivity index (χ1v) is 8.92. The van der Waals surface area contributed by atoms with E-state index in [2.05, 4.69) is 0 Å². The molecule has 0 amide bonds. The minimum absolute atomic E-state index is 0.0667. The second kappa shape index (κ2) is 7.60. The molecule has 0 saturated heterocycles. The molecule has 2 N–H and O–H groups in total. The van der Waals surface area contributed by atoms with E-state index in [4.69, 9.17) is 0 Å². The third-order valence-electron chi connectivity index (χ3n) is 5.16. The van der Waals surface area contributed by atoms with Gasteiger partial charge in [-0.25, -0.2) is 4.79 Å². The highest BCUT2D eigenvalue weighted by Crippen LogP contribution is 2.35. The van der Waals surface area contributed by atoms with Crippen molar-refractivity contribution in [3.05, 3.63) is 59.2 Å². The molecule has 0 radical (unpaired) electrons. The van der Waals surface area contributed by atoms with Crippen molar-refractivity contribution in [3.8, 4) is 5.75 Å². The zero-order chi connectivity index (χ0) is 18.7. The molecular weight excluding hydrogens is 330 g/mol. The molecule has 1 fully saturated rings. The van der Waals surface area contributed by atoms with Gasteiger partial charge in [-0.2, -0.15) is 0 Å². The fourth-order valence-corrected chi connectivity index (χ4v) is 3.68. The van der Waals surface area contributed by atoms with Crippen molar-refractivity contribution in [2.45, 2.75) is 38.1 Å². The third kappa shape index (κ3) is 3.43. The quantitative estimate of drug-likeness (QED) is 0.792. The summed E-state index contributed by atoms with van der Waals surface area (Å²) in [5.41, 5.74) is 0.741. The van der Waals surface area contributed by atoms with Crippen LogP contribution >= 0.6 is 0 Å². The number of benzene rings is 2. The van der Waals surface area contributed by atoms with Gasteiger partial charge in [0, 0.05) is 18.7 Å². The van der Waals surface area contributed by atoms with Gasteiger partial charge >= 0.3 is 5.97 Å². The number of carboxylic acids is 1. The molecule has 26 heavy (non-hydrogen) atoms. The Hall–Kier alpha value is -2.82. The number of carboxylic acid groups (broad SMARTS) is 1. The lowest BCUT2D eigenvalue weighted by atomic mass is 9.93. The number of carbonyl (C=O) groups is 2. The molecule has 0 spiro atoms. The number of phenolic OH excluding ortho intramolecular Hbond substituents is 1. The van der Waals surface area contributed by atoms with Crippen molar-refractivity contribution in [1.29, 1.82) is 0 Å². The van der Waals surface area contributed by atoms with Crippen LogP contribution in [0, 0.1) is 0 Å². The number of nitrogens with zero attached hydrogens (tertiary/aromatic N) is 1. The lowest BCUT2D eigenvalue weighted by Crippen LogP contribution is -2.33. The number of hydrogen-bond donors (Lipinski definition) is 2. The number of aromatic hydroxyl groups is 1. The molecule has 0 aliphatic heterocycles. The van der Waals surface area contributed by atoms with Gasteiger partial charge in [-0.05, 0) is 31.0 Å². The molecule has 136 valence electrons. The van der Waals surface area contributed by atoms with Gasteiger partial charge in [-0.1, -0.05) is 43.5 Å². The Morgan fingerprint density at radius 3 is 2.19 bits per heavy atom. The van der Waals surface area contributed by atoms with Crippen molar-refractivity contribution in [2.75, 3.05) is 11.9 Å². The van der Waals surface area contributed by atoms with E-state index in [-0.39, 0.29) is 22.4 Å². The van der Waals surface area contributed by atoms with Crippen molar-refractivity contribution in [1.82, 2.24) is 0 Å². The summed E-state index contributed by atoms with van der Waals surface area (Å²) in [5, 5.41) is 20.1. The van der Waals surface area contributed by atoms with E-state index < -0.39 is 11.8 Å². The predicted octanol–water partition coefficient (Wildman–Crippen LogP) is 4.09. The van der Waals surface area contributed by atoms with Crippen LogP contribution in [0.5, 0.6) is 5.75 Å². The van der Waals surface area contributed by atoms with Gasteiger partial charge in [-0.3, -0.25) is 4.79 Å². The van der Waals surface area contributed by atoms with E-state index in [9.17, 15) is 19.8 Å². The van der Waals surface area contributed by atoms with Crippen LogP contribution in [0.25, 0.3) is 0 Å². The summed E-state index contributed by atoms with van der Waals surface area (Å²) in [7, 11) is 1.94. The molecule has 1 saturated carbocycles. The van der Waals surface area contributed by atoms with Crippen LogP contribution in [-0.4, -0.2) is 35.1 Å². The summed E-state index contributed by atoms with van der Waals surface area (Å²) in [6.07, 6.45) is 5.70. The van der Waals surface area contributed by atoms with Gasteiger partial charge in [0.05, 0.1) is 16.8 Å². The maximum absolute atomic E-state index is 12.9. The van der Waals surface area contributed by atoms with Gasteiger partial charge < -0.3 is 15.1 Å². The summed E-state index contributed by atoms with van der Waals surface area (Å²) in [6, 6.07) is 11.5. The van der Waals surface area contributed by atoms with Crippen molar-refractivity contribution in [3.63, 3.8) is 0 Å². The monoisotopic (exact) mass is 353 g/mol. The zero-order valence-corrected chi connectivity index (χ0v) is 14.8. The lowest BCUT2D eigenvalue weighted by Gasteiger charge is -2.33. The maximum atomic E-state index is 12.9. The highest BCUT2D eigenvalue weighted by atomic mass is 16.4. The summed E-state index contributed by atoms with van der Waals surface area (Å²) < 4.78 is 0. The molecule has 5 nitrogen and oxygen atoms in total. The van der Waals surface area contributed by atoms with E-state index in [1.807, 2.05) is 11.9 Å². The van der Waals surface area contributed by atoms with Gasteiger partial charge in [0.1, 0.15) is 5.75 Å². The molecule has 1 aliphatic rings. The number of para-hydroxylation sites is 1. The minimum Gasteiger partial charge on any atom is -0.505 e. The summed E-state index contributed by atoms with van der Waals surface area (Å²) in [4.78, 5) is 26.3. The Labute approximate surface area is 152 Å². The molecule has 0 unspecified atom stereocenters. The normalized spacial score (nSPS) is 14.8. The summed E-state index contributed by atoms with van der Waals surface area (Å²) in [6.45, 7) is 0. The molecule has 3 rings (SSSR count). The van der Waals surface area contributed by atoms with Crippen LogP contribution in [0.2, 0.25) is 0 Å². The standard InChI is InChI=1S/C21H23NO4/c1-22(14-8-3-2-4-9-14)18-13-7-12-17(20(18)24)19(23)15-10-5-6-11-16(15)21(25)26/h5-7,10-14,24H,2-4,8-9H2,1H3,(H,25,26). The highest BCUT2D eigenvalue weighted by Gasteiger charge is 2.25. The first-order valence-electron chi connectivity index (χ1n) is 8.92. The number of anilines is 1. The smallest absolute Gasteiger partial charge is 0.336 e. The maximum Gasteiger partial charge on any atom is 0.336 e. The first-order chi connectivity index (χ1) is 12.5. The topological polar surface area (TPSA) is 77.8 Å². The van der Waals surface area contributed by atoms with Crippen LogP contribution in [0.4, 0.5) is 5.69 Å². The van der Waals surface area contributed by atoms with Crippen LogP contribution in [0.1, 0.15) is 58.4 Å². The average Bonchev–Trinajstić information content (AvgIpc) is 2.68. The van der Waals surface area contributed by atoms with Crippen molar-refractivity contribution >= 4 is 17.4 Å². The number of phenols is 1. The van der Waals surface area contributed by atoms with Crippen LogP contribution in [0.15, 0.2) is 42.5 Å². The highest BCUT2D eigenvalue weighted by molar-refractivity contribution is 6.16. The predicted molar refractivity (Wildman–Crippen MR) is 100 cm³/mol. The Kier molecular flexibility index (Phi) is 5.26. The van der Waals surface area contributed by atoms with E-state index in [0.29, 0.717) is 11.7 Å². The Balaban J connectivity index is 1.97. The molecular formula is C21H23NO4. The summed E-state index contributed by atoms with van der Waals surface area (Å²) in [5.74, 6) is -1.74. The second-order valence-electron chi connectivity index (χ2n) is 6.76. The fourth-order valence-electron chi connectivity index (χ4n) is 3.68. The zero-order valence-electron chi connectivity index (χ0n) is 14.8. The number of carbonyl (C=O) groups excluding carboxylic acids is 1. The van der Waals surface area contributed by atoms with E-state index in [0.717, 1.165) is 12.8 Å². The molecule has 5 heteroatoms. The fraction of sp³-hybridized carbons (Fsp3) is 0.333. The largest absolute Gasteiger partial charge is 0.505 e. The Bertz CT molecular complexity index is 825. The molecule has 0 atom stereocenters. The average molecular weight is 353 g/mol. The molecule has 2 aromatic carbocycles. The van der Waals surface area contributed by atoms with Gasteiger partial charge in [0.15, 0.2) is 5.78 Å². The Morgan fingerprint density at radius 2 is 1.54 bits per heavy atom. The third-order valence-corrected chi connectivity index (χ3v) is 5.16. The molecule has 1 aliphatic carbocycles. The van der Waals surface area contributed by atoms with Gasteiger partial charge in [0.2, 0.25) is 0 Å². The van der Waals surface area contributed by atoms with E-state index in [1.54, 1.807) is 24.3 Å². The number of rotatable bonds is 5. The number of ketones is 1. The second-order valence-corrected chi connectivity index (χ2v) is 6.76. The number of hydrogen-bond acceptors (Lipinski definition) is 4. The van der Waals surface area contributed by atoms with E-state index in [1.165, 1.54) is 37.5 Å². The molecule has 0 heterocycles. The lowest BCUT2D eigenvalue weighted by molar-refractivity contribution is 0.0692. The van der Waals surface area contributed by atoms with E-state index >= 15 is 0 Å². The Morgan fingerprint density at radius 1 is 0.923 bits per heavy atom. The van der Waals surface area contributed by atoms with Gasteiger partial charge in [-0.15, -0.1) is 0 Å². The first kappa shape index (κ1) is 18.0. The van der Waals surface area contributed by atoms with Crippen molar-refractivity contribution in [2.24, 2.45) is 0 Å². The van der Waals surface area contributed by atoms with Gasteiger partial charge in [0.25, 0.3) is 0 Å². The summed E-state index contributed by atoms with van der Waals surface area (Å²) >= 11 is 0.